The highest BCUT2D eigenvalue weighted by molar-refractivity contribution is 8.14. The van der Waals surface area contributed by atoms with Crippen molar-refractivity contribution in [1.29, 1.82) is 5.41 Å². The van der Waals surface area contributed by atoms with Crippen LogP contribution < -0.4 is 5.73 Å². The number of nitrogens with one attached hydrogen (secondary N) is 1. The zero-order valence-electron chi connectivity index (χ0n) is 6.84. The van der Waals surface area contributed by atoms with Gasteiger partial charge in [0.15, 0.2) is 5.17 Å². The molecule has 0 aromatic heterocycles. The van der Waals surface area contributed by atoms with E-state index in [-0.39, 0.29) is 5.17 Å². The first-order chi connectivity index (χ1) is 5.18. The third-order valence-electron chi connectivity index (χ3n) is 1.96. The molecule has 4 heteroatoms. The van der Waals surface area contributed by atoms with Crippen LogP contribution in [0.2, 0.25) is 0 Å². The molecule has 0 aromatic carbocycles. The van der Waals surface area contributed by atoms with Gasteiger partial charge in [-0.3, -0.25) is 5.41 Å². The average Bonchev–Trinajstić information content (AvgIpc) is 1.93. The molecular formula is C7H15N3S. The molecule has 1 aliphatic heterocycles. The lowest BCUT2D eigenvalue weighted by Gasteiger charge is -2.27. The van der Waals surface area contributed by atoms with Crippen molar-refractivity contribution in [1.82, 2.24) is 4.90 Å². The van der Waals surface area contributed by atoms with Crippen molar-refractivity contribution in [3.05, 3.63) is 0 Å². The molecule has 64 valence electrons. The Hall–Kier alpha value is -0.220. The molecule has 11 heavy (non-hydrogen) atoms. The van der Waals surface area contributed by atoms with Crippen LogP contribution >= 0.6 is 11.8 Å². The van der Waals surface area contributed by atoms with E-state index in [0.29, 0.717) is 5.25 Å². The molecule has 0 radical (unpaired) electrons. The fourth-order valence-electron chi connectivity index (χ4n) is 1.28. The lowest BCUT2D eigenvalue weighted by Crippen LogP contribution is -2.32. The molecule has 1 heterocycles. The maximum absolute atomic E-state index is 7.11. The molecule has 0 saturated carbocycles. The number of nitrogens with two attached hydrogens (primary N) is 1. The number of thioether (sulfide) groups is 1. The average molecular weight is 173 g/mol. The Morgan fingerprint density at radius 3 is 2.55 bits per heavy atom. The first-order valence-corrected chi connectivity index (χ1v) is 4.75. The first kappa shape index (κ1) is 8.87. The smallest absolute Gasteiger partial charge is 0.151 e. The molecule has 0 bridgehead atoms. The highest BCUT2D eigenvalue weighted by Gasteiger charge is 2.17. The van der Waals surface area contributed by atoms with Gasteiger partial charge >= 0.3 is 0 Å². The van der Waals surface area contributed by atoms with Gasteiger partial charge in [0, 0.05) is 5.25 Å². The van der Waals surface area contributed by atoms with Gasteiger partial charge in [-0.05, 0) is 33.0 Å². The molecule has 1 saturated heterocycles. The second kappa shape index (κ2) is 3.97. The minimum Gasteiger partial charge on any atom is -0.379 e. The van der Waals surface area contributed by atoms with E-state index in [1.54, 1.807) is 0 Å². The monoisotopic (exact) mass is 173 g/mol. The highest BCUT2D eigenvalue weighted by Crippen LogP contribution is 2.21. The molecule has 3 nitrogen and oxygen atoms in total. The van der Waals surface area contributed by atoms with E-state index in [1.807, 2.05) is 0 Å². The lowest BCUT2D eigenvalue weighted by molar-refractivity contribution is 0.282. The normalized spacial score (nSPS) is 21.9. The lowest BCUT2D eigenvalue weighted by atomic mass is 10.1. The first-order valence-electron chi connectivity index (χ1n) is 3.87. The molecule has 0 amide bonds. The number of hydrogen-bond acceptors (Lipinski definition) is 3. The molecule has 0 atom stereocenters. The fraction of sp³-hybridized carbons (Fsp3) is 0.857. The predicted octanol–water partition coefficient (Wildman–Crippen LogP) is 0.707. The Morgan fingerprint density at radius 1 is 1.55 bits per heavy atom. The molecule has 0 spiro atoms. The summed E-state index contributed by atoms with van der Waals surface area (Å²) >= 11 is 1.51. The zero-order chi connectivity index (χ0) is 8.27. The zero-order valence-corrected chi connectivity index (χ0v) is 7.66. The topological polar surface area (TPSA) is 53.1 Å². The summed E-state index contributed by atoms with van der Waals surface area (Å²) in [5, 5.41) is 7.96. The van der Waals surface area contributed by atoms with Crippen molar-refractivity contribution >= 4 is 16.9 Å². The Labute approximate surface area is 71.8 Å². The second-order valence-corrected chi connectivity index (χ2v) is 4.33. The summed E-state index contributed by atoms with van der Waals surface area (Å²) in [6.07, 6.45) is 2.33. The van der Waals surface area contributed by atoms with Crippen molar-refractivity contribution in [2.24, 2.45) is 5.73 Å². The van der Waals surface area contributed by atoms with E-state index in [0.717, 1.165) is 13.1 Å². The van der Waals surface area contributed by atoms with Crippen molar-refractivity contribution in [2.75, 3.05) is 20.1 Å². The maximum atomic E-state index is 7.11. The Balaban J connectivity index is 2.22. The quantitative estimate of drug-likeness (QED) is 0.453. The summed E-state index contributed by atoms with van der Waals surface area (Å²) in [5.41, 5.74) is 5.29. The summed E-state index contributed by atoms with van der Waals surface area (Å²) in [6.45, 7) is 2.29. The highest BCUT2D eigenvalue weighted by atomic mass is 32.2. The summed E-state index contributed by atoms with van der Waals surface area (Å²) in [7, 11) is 2.13. The van der Waals surface area contributed by atoms with Gasteiger partial charge in [0.1, 0.15) is 0 Å². The van der Waals surface area contributed by atoms with Crippen LogP contribution in [-0.4, -0.2) is 35.5 Å². The molecule has 0 aromatic rings. The van der Waals surface area contributed by atoms with Crippen LogP contribution in [0.4, 0.5) is 0 Å². The van der Waals surface area contributed by atoms with E-state index >= 15 is 0 Å². The van der Waals surface area contributed by atoms with Gasteiger partial charge in [0.25, 0.3) is 0 Å². The fourth-order valence-corrected chi connectivity index (χ4v) is 2.09. The molecule has 1 fully saturated rings. The minimum absolute atomic E-state index is 0.263. The largest absolute Gasteiger partial charge is 0.379 e. The van der Waals surface area contributed by atoms with E-state index in [9.17, 15) is 0 Å². The maximum Gasteiger partial charge on any atom is 0.151 e. The number of hydrogen-bond donors (Lipinski definition) is 2. The van der Waals surface area contributed by atoms with Gasteiger partial charge in [-0.2, -0.15) is 0 Å². The van der Waals surface area contributed by atoms with Gasteiger partial charge in [-0.1, -0.05) is 11.8 Å². The van der Waals surface area contributed by atoms with Crippen molar-refractivity contribution in [2.45, 2.75) is 18.1 Å². The molecule has 3 N–H and O–H groups in total. The van der Waals surface area contributed by atoms with E-state index in [2.05, 4.69) is 11.9 Å². The van der Waals surface area contributed by atoms with Crippen LogP contribution in [0.15, 0.2) is 0 Å². The predicted molar refractivity (Wildman–Crippen MR) is 50.0 cm³/mol. The Morgan fingerprint density at radius 2 is 2.09 bits per heavy atom. The SMILES string of the molecule is CN1CCC(SC(=N)N)CC1. The van der Waals surface area contributed by atoms with E-state index in [1.165, 1.54) is 24.6 Å². The summed E-state index contributed by atoms with van der Waals surface area (Å²) < 4.78 is 0. The molecular weight excluding hydrogens is 158 g/mol. The van der Waals surface area contributed by atoms with Crippen LogP contribution in [0.5, 0.6) is 0 Å². The molecule has 1 aliphatic rings. The number of piperidine rings is 1. The minimum atomic E-state index is 0.263. The third kappa shape index (κ3) is 3.12. The van der Waals surface area contributed by atoms with E-state index in [4.69, 9.17) is 11.1 Å². The molecule has 1 rings (SSSR count). The standard InChI is InChI=1S/C7H15N3S/c1-10-4-2-6(3-5-10)11-7(8)9/h6H,2-5H2,1H3,(H3,8,9). The second-order valence-electron chi connectivity index (χ2n) is 2.98. The molecule has 0 aliphatic carbocycles. The Bertz CT molecular complexity index is 141. The summed E-state index contributed by atoms with van der Waals surface area (Å²) in [6, 6.07) is 0. The number of amidine groups is 1. The van der Waals surface area contributed by atoms with Crippen LogP contribution in [-0.2, 0) is 0 Å². The van der Waals surface area contributed by atoms with Gasteiger partial charge in [-0.15, -0.1) is 0 Å². The number of rotatable bonds is 1. The van der Waals surface area contributed by atoms with E-state index < -0.39 is 0 Å². The van der Waals surface area contributed by atoms with Crippen molar-refractivity contribution in [3.63, 3.8) is 0 Å². The number of likely N-dealkylation sites (tertiary alicyclic amines) is 1. The number of nitrogens with zero attached hydrogens (tertiary/aromatic N) is 1. The third-order valence-corrected chi connectivity index (χ3v) is 3.02. The van der Waals surface area contributed by atoms with Crippen molar-refractivity contribution < 1.29 is 0 Å². The van der Waals surface area contributed by atoms with Crippen LogP contribution in [0, 0.1) is 5.41 Å². The van der Waals surface area contributed by atoms with Gasteiger partial charge < -0.3 is 10.6 Å². The van der Waals surface area contributed by atoms with Crippen LogP contribution in [0.25, 0.3) is 0 Å². The van der Waals surface area contributed by atoms with Gasteiger partial charge in [0.05, 0.1) is 0 Å². The summed E-state index contributed by atoms with van der Waals surface area (Å²) in [4.78, 5) is 2.32. The van der Waals surface area contributed by atoms with Crippen LogP contribution in [0.1, 0.15) is 12.8 Å². The summed E-state index contributed by atoms with van der Waals surface area (Å²) in [5.74, 6) is 0. The van der Waals surface area contributed by atoms with Crippen molar-refractivity contribution in [3.8, 4) is 0 Å². The van der Waals surface area contributed by atoms with Crippen LogP contribution in [0.3, 0.4) is 0 Å². The van der Waals surface area contributed by atoms with Gasteiger partial charge in [-0.25, -0.2) is 0 Å². The Kier molecular flexibility index (Phi) is 3.20. The molecule has 0 unspecified atom stereocenters. The van der Waals surface area contributed by atoms with Gasteiger partial charge in [0.2, 0.25) is 0 Å².